The zero-order valence-corrected chi connectivity index (χ0v) is 18.1. The fourth-order valence-corrected chi connectivity index (χ4v) is 5.62. The van der Waals surface area contributed by atoms with Gasteiger partial charge in [-0.2, -0.15) is 5.26 Å². The minimum Gasteiger partial charge on any atom is -0.379 e. The first-order valence-corrected chi connectivity index (χ1v) is 11.6. The molecular formula is C19H24N6O2S2. The van der Waals surface area contributed by atoms with Crippen LogP contribution in [0.3, 0.4) is 0 Å². The van der Waals surface area contributed by atoms with Gasteiger partial charge in [-0.05, 0) is 31.2 Å². The number of nitrogens with zero attached hydrogens (tertiary/aromatic N) is 5. The van der Waals surface area contributed by atoms with Gasteiger partial charge in [0.15, 0.2) is 5.16 Å². The highest BCUT2D eigenvalue weighted by molar-refractivity contribution is 7.99. The van der Waals surface area contributed by atoms with Gasteiger partial charge in [-0.25, -0.2) is 0 Å². The highest BCUT2D eigenvalue weighted by Crippen LogP contribution is 2.37. The summed E-state index contributed by atoms with van der Waals surface area (Å²) in [4.78, 5) is 16.0. The van der Waals surface area contributed by atoms with E-state index in [0.29, 0.717) is 10.6 Å². The summed E-state index contributed by atoms with van der Waals surface area (Å²) >= 11 is 2.91. The molecule has 2 aliphatic rings. The third kappa shape index (κ3) is 4.64. The number of amides is 1. The quantitative estimate of drug-likeness (QED) is 0.699. The summed E-state index contributed by atoms with van der Waals surface area (Å²) in [6.45, 7) is 4.01. The van der Waals surface area contributed by atoms with Crippen molar-refractivity contribution >= 4 is 34.0 Å². The van der Waals surface area contributed by atoms with Crippen LogP contribution in [0.4, 0.5) is 5.00 Å². The molecule has 29 heavy (non-hydrogen) atoms. The Balaban J connectivity index is 1.34. The number of nitrogens with one attached hydrogen (secondary N) is 1. The van der Waals surface area contributed by atoms with Gasteiger partial charge >= 0.3 is 0 Å². The Labute approximate surface area is 178 Å². The molecule has 1 fully saturated rings. The van der Waals surface area contributed by atoms with Crippen LogP contribution < -0.4 is 5.32 Å². The number of rotatable bonds is 6. The fraction of sp³-hybridized carbons (Fsp3) is 0.579. The lowest BCUT2D eigenvalue weighted by atomic mass is 9.96. The minimum absolute atomic E-state index is 0.122. The normalized spacial score (nSPS) is 17.0. The maximum atomic E-state index is 12.5. The van der Waals surface area contributed by atoms with Crippen molar-refractivity contribution in [3.05, 3.63) is 21.8 Å². The summed E-state index contributed by atoms with van der Waals surface area (Å²) in [6.07, 6.45) is 4.20. The number of fused-ring (bicyclic) bond motifs is 1. The number of carbonyl (C=O) groups excluding carboxylic acids is 1. The van der Waals surface area contributed by atoms with Gasteiger partial charge in [0.2, 0.25) is 5.91 Å². The largest absolute Gasteiger partial charge is 0.379 e. The average Bonchev–Trinajstić information content (AvgIpc) is 3.27. The Hall–Kier alpha value is -1.93. The summed E-state index contributed by atoms with van der Waals surface area (Å²) in [5.74, 6) is 0.993. The van der Waals surface area contributed by atoms with Crippen molar-refractivity contribution in [3.63, 3.8) is 0 Å². The highest BCUT2D eigenvalue weighted by atomic mass is 32.2. The van der Waals surface area contributed by atoms with Crippen LogP contribution in [0.2, 0.25) is 0 Å². The predicted molar refractivity (Wildman–Crippen MR) is 112 cm³/mol. The molecule has 1 aliphatic carbocycles. The first-order valence-electron chi connectivity index (χ1n) is 9.81. The molecule has 8 nitrogen and oxygen atoms in total. The van der Waals surface area contributed by atoms with E-state index in [2.05, 4.69) is 26.5 Å². The number of thiophene rings is 1. The molecule has 4 rings (SSSR count). The number of aromatic nitrogens is 3. The van der Waals surface area contributed by atoms with E-state index in [1.54, 1.807) is 11.3 Å². The number of hydrogen-bond acceptors (Lipinski definition) is 8. The number of aryl methyl sites for hydroxylation is 1. The van der Waals surface area contributed by atoms with E-state index in [9.17, 15) is 10.1 Å². The van der Waals surface area contributed by atoms with Crippen LogP contribution >= 0.6 is 23.1 Å². The Bertz CT molecular complexity index is 926. The molecule has 0 unspecified atom stereocenters. The summed E-state index contributed by atoms with van der Waals surface area (Å²) < 4.78 is 7.32. The number of carbonyl (C=O) groups is 1. The predicted octanol–water partition coefficient (Wildman–Crippen LogP) is 2.19. The molecular weight excluding hydrogens is 408 g/mol. The number of hydrogen-bond donors (Lipinski definition) is 1. The van der Waals surface area contributed by atoms with E-state index in [1.165, 1.54) is 16.6 Å². The van der Waals surface area contributed by atoms with E-state index < -0.39 is 0 Å². The van der Waals surface area contributed by atoms with E-state index >= 15 is 0 Å². The SMILES string of the molecule is Cn1c(CN2CCOCC2)nnc1SCC(=O)Nc1sc2c(c1C#N)CCCC2. The molecule has 0 spiro atoms. The molecule has 1 aliphatic heterocycles. The Morgan fingerprint density at radius 3 is 2.90 bits per heavy atom. The van der Waals surface area contributed by atoms with Crippen molar-refractivity contribution < 1.29 is 9.53 Å². The summed E-state index contributed by atoms with van der Waals surface area (Å²) in [6, 6.07) is 2.28. The zero-order valence-electron chi connectivity index (χ0n) is 16.4. The van der Waals surface area contributed by atoms with Gasteiger partial charge in [-0.15, -0.1) is 21.5 Å². The summed E-state index contributed by atoms with van der Waals surface area (Å²) in [5, 5.41) is 22.4. The Morgan fingerprint density at radius 2 is 2.10 bits per heavy atom. The molecule has 0 aromatic carbocycles. The average molecular weight is 433 g/mol. The molecule has 0 bridgehead atoms. The second kappa shape index (κ2) is 9.26. The monoisotopic (exact) mass is 432 g/mol. The van der Waals surface area contributed by atoms with E-state index in [1.807, 2.05) is 11.6 Å². The summed E-state index contributed by atoms with van der Waals surface area (Å²) in [5.41, 5.74) is 1.78. The highest BCUT2D eigenvalue weighted by Gasteiger charge is 2.22. The lowest BCUT2D eigenvalue weighted by Crippen LogP contribution is -2.36. The van der Waals surface area contributed by atoms with E-state index in [0.717, 1.165) is 75.1 Å². The lowest BCUT2D eigenvalue weighted by Gasteiger charge is -2.25. The third-order valence-corrected chi connectivity index (χ3v) is 7.49. The number of nitriles is 1. The molecule has 3 heterocycles. The molecule has 0 radical (unpaired) electrons. The summed E-state index contributed by atoms with van der Waals surface area (Å²) in [7, 11) is 1.93. The van der Waals surface area contributed by atoms with Gasteiger partial charge in [0.1, 0.15) is 16.9 Å². The van der Waals surface area contributed by atoms with Crippen LogP contribution in [0.5, 0.6) is 0 Å². The van der Waals surface area contributed by atoms with E-state index in [4.69, 9.17) is 4.74 Å². The fourth-order valence-electron chi connectivity index (χ4n) is 3.63. The Kier molecular flexibility index (Phi) is 6.50. The topological polar surface area (TPSA) is 96.1 Å². The van der Waals surface area contributed by atoms with Crippen molar-refractivity contribution in [1.82, 2.24) is 19.7 Å². The van der Waals surface area contributed by atoms with Crippen molar-refractivity contribution in [1.29, 1.82) is 5.26 Å². The van der Waals surface area contributed by atoms with Gasteiger partial charge in [0.05, 0.1) is 31.1 Å². The smallest absolute Gasteiger partial charge is 0.235 e. The lowest BCUT2D eigenvalue weighted by molar-refractivity contribution is -0.113. The maximum absolute atomic E-state index is 12.5. The van der Waals surface area contributed by atoms with Crippen LogP contribution in [0.25, 0.3) is 0 Å². The van der Waals surface area contributed by atoms with Crippen LogP contribution in [0.1, 0.15) is 34.7 Å². The van der Waals surface area contributed by atoms with Gasteiger partial charge in [0, 0.05) is 25.0 Å². The minimum atomic E-state index is -0.122. The number of anilines is 1. The van der Waals surface area contributed by atoms with Crippen molar-refractivity contribution in [2.45, 2.75) is 37.4 Å². The van der Waals surface area contributed by atoms with Gasteiger partial charge in [-0.1, -0.05) is 11.8 Å². The van der Waals surface area contributed by atoms with Crippen molar-refractivity contribution in [3.8, 4) is 6.07 Å². The molecule has 2 aromatic rings. The van der Waals surface area contributed by atoms with Crippen LogP contribution in [0, 0.1) is 11.3 Å². The first-order chi connectivity index (χ1) is 14.2. The second-order valence-electron chi connectivity index (χ2n) is 7.21. The van der Waals surface area contributed by atoms with Gasteiger partial charge < -0.3 is 14.6 Å². The molecule has 1 N–H and O–H groups in total. The number of ether oxygens (including phenoxy) is 1. The molecule has 0 atom stereocenters. The number of morpholine rings is 1. The third-order valence-electron chi connectivity index (χ3n) is 5.26. The maximum Gasteiger partial charge on any atom is 0.235 e. The standard InChI is InChI=1S/C19H24N6O2S2/c1-24-16(11-25-6-8-27-9-7-25)22-23-19(24)28-12-17(26)21-18-14(10-20)13-4-2-3-5-15(13)29-18/h2-9,11-12H2,1H3,(H,21,26). The van der Waals surface area contributed by atoms with Crippen LogP contribution in [-0.2, 0) is 36.0 Å². The van der Waals surface area contributed by atoms with Crippen LogP contribution in [0.15, 0.2) is 5.16 Å². The molecule has 154 valence electrons. The Morgan fingerprint density at radius 1 is 1.31 bits per heavy atom. The van der Waals surface area contributed by atoms with Crippen LogP contribution in [-0.4, -0.2) is 57.6 Å². The molecule has 2 aromatic heterocycles. The zero-order chi connectivity index (χ0) is 20.2. The second-order valence-corrected chi connectivity index (χ2v) is 9.26. The molecule has 1 amide bonds. The van der Waals surface area contributed by atoms with E-state index in [-0.39, 0.29) is 11.7 Å². The first kappa shape index (κ1) is 20.3. The molecule has 10 heteroatoms. The number of thioether (sulfide) groups is 1. The van der Waals surface area contributed by atoms with Crippen molar-refractivity contribution in [2.24, 2.45) is 7.05 Å². The van der Waals surface area contributed by atoms with Gasteiger partial charge in [0.25, 0.3) is 0 Å². The van der Waals surface area contributed by atoms with Crippen molar-refractivity contribution in [2.75, 3.05) is 37.4 Å². The van der Waals surface area contributed by atoms with Gasteiger partial charge in [-0.3, -0.25) is 9.69 Å². The molecule has 1 saturated heterocycles. The molecule has 0 saturated carbocycles.